The van der Waals surface area contributed by atoms with Crippen molar-refractivity contribution in [1.29, 1.82) is 0 Å². The highest BCUT2D eigenvalue weighted by atomic mass is 16.4. The summed E-state index contributed by atoms with van der Waals surface area (Å²) in [5, 5.41) is 11.9. The normalized spacial score (nSPS) is 24.8. The molecule has 26 heavy (non-hydrogen) atoms. The molecular formula is C19H25N3O4. The van der Waals surface area contributed by atoms with Gasteiger partial charge in [0.15, 0.2) is 0 Å². The van der Waals surface area contributed by atoms with Gasteiger partial charge in [0.2, 0.25) is 5.91 Å². The smallest absolute Gasteiger partial charge is 0.307 e. The summed E-state index contributed by atoms with van der Waals surface area (Å²) in [6.07, 6.45) is 0. The molecule has 7 nitrogen and oxygen atoms in total. The highest BCUT2D eigenvalue weighted by molar-refractivity contribution is 6.00. The molecule has 2 fully saturated rings. The van der Waals surface area contributed by atoms with E-state index in [-0.39, 0.29) is 11.8 Å². The number of nitrogens with zero attached hydrogens (tertiary/aromatic N) is 2. The van der Waals surface area contributed by atoms with Crippen LogP contribution >= 0.6 is 0 Å². The lowest BCUT2D eigenvalue weighted by atomic mass is 10.1. The molecule has 1 saturated carbocycles. The van der Waals surface area contributed by atoms with Crippen LogP contribution in [0.1, 0.15) is 24.2 Å². The van der Waals surface area contributed by atoms with Gasteiger partial charge in [-0.1, -0.05) is 13.8 Å². The third-order valence-electron chi connectivity index (χ3n) is 5.57. The number of likely N-dealkylation sites (N-methyl/N-ethyl adjacent to an activating group) is 1. The van der Waals surface area contributed by atoms with Crippen LogP contribution in [0.2, 0.25) is 0 Å². The van der Waals surface area contributed by atoms with E-state index in [0.29, 0.717) is 24.3 Å². The number of carbonyl (C=O) groups is 3. The van der Waals surface area contributed by atoms with Crippen LogP contribution in [0.4, 0.5) is 5.69 Å². The second-order valence-corrected chi connectivity index (χ2v) is 7.78. The molecule has 2 atom stereocenters. The molecule has 0 aromatic heterocycles. The Balaban J connectivity index is 1.61. The second-order valence-electron chi connectivity index (χ2n) is 7.78. The van der Waals surface area contributed by atoms with Gasteiger partial charge in [0.25, 0.3) is 5.91 Å². The summed E-state index contributed by atoms with van der Waals surface area (Å²) < 4.78 is 0. The van der Waals surface area contributed by atoms with Crippen molar-refractivity contribution in [3.63, 3.8) is 0 Å². The summed E-state index contributed by atoms with van der Waals surface area (Å²) in [4.78, 5) is 40.1. The van der Waals surface area contributed by atoms with Crippen LogP contribution < -0.4 is 5.32 Å². The first-order valence-corrected chi connectivity index (χ1v) is 8.83. The number of carboxylic acid groups (broad SMARTS) is 1. The van der Waals surface area contributed by atoms with Gasteiger partial charge >= 0.3 is 5.97 Å². The zero-order valence-electron chi connectivity index (χ0n) is 15.4. The number of benzene rings is 1. The van der Waals surface area contributed by atoms with E-state index < -0.39 is 23.2 Å². The van der Waals surface area contributed by atoms with Gasteiger partial charge in [-0.05, 0) is 36.7 Å². The van der Waals surface area contributed by atoms with Crippen molar-refractivity contribution in [2.75, 3.05) is 38.5 Å². The van der Waals surface area contributed by atoms with E-state index >= 15 is 0 Å². The van der Waals surface area contributed by atoms with Crippen LogP contribution in [0.3, 0.4) is 0 Å². The van der Waals surface area contributed by atoms with E-state index in [2.05, 4.69) is 10.2 Å². The van der Waals surface area contributed by atoms with Crippen LogP contribution in [-0.4, -0.2) is 65.9 Å². The van der Waals surface area contributed by atoms with E-state index in [1.54, 1.807) is 38.1 Å². The molecule has 1 aliphatic carbocycles. The average Bonchev–Trinajstić information content (AvgIpc) is 3.18. The van der Waals surface area contributed by atoms with Crippen LogP contribution in [0, 0.1) is 17.3 Å². The number of piperazine rings is 1. The lowest BCUT2D eigenvalue weighted by molar-refractivity contribution is -0.140. The maximum absolute atomic E-state index is 12.5. The lowest BCUT2D eigenvalue weighted by Crippen LogP contribution is -2.47. The maximum atomic E-state index is 12.5. The summed E-state index contributed by atoms with van der Waals surface area (Å²) in [5.74, 6) is -2.43. The zero-order chi connectivity index (χ0) is 19.1. The Hall–Kier alpha value is -2.41. The molecule has 2 aliphatic rings. The largest absolute Gasteiger partial charge is 0.481 e. The zero-order valence-corrected chi connectivity index (χ0v) is 15.4. The van der Waals surface area contributed by atoms with Crippen LogP contribution in [0.5, 0.6) is 0 Å². The Bertz CT molecular complexity index is 721. The molecule has 1 aliphatic heterocycles. The van der Waals surface area contributed by atoms with Gasteiger partial charge < -0.3 is 20.2 Å². The number of hydrogen-bond acceptors (Lipinski definition) is 4. The fourth-order valence-corrected chi connectivity index (χ4v) is 3.70. The van der Waals surface area contributed by atoms with Gasteiger partial charge in [-0.15, -0.1) is 0 Å². The predicted octanol–water partition coefficient (Wildman–Crippen LogP) is 1.37. The molecule has 0 spiro atoms. The molecule has 1 aromatic rings. The van der Waals surface area contributed by atoms with Crippen molar-refractivity contribution in [1.82, 2.24) is 9.80 Å². The van der Waals surface area contributed by atoms with Crippen molar-refractivity contribution in [3.8, 4) is 0 Å². The minimum absolute atomic E-state index is 0.00903. The molecule has 2 N–H and O–H groups in total. The lowest BCUT2D eigenvalue weighted by Gasteiger charge is -2.32. The molecule has 1 aromatic carbocycles. The van der Waals surface area contributed by atoms with Gasteiger partial charge in [-0.2, -0.15) is 0 Å². The Labute approximate surface area is 153 Å². The van der Waals surface area contributed by atoms with Gasteiger partial charge in [-0.3, -0.25) is 14.4 Å². The van der Waals surface area contributed by atoms with Gasteiger partial charge in [0, 0.05) is 37.4 Å². The van der Waals surface area contributed by atoms with E-state index in [4.69, 9.17) is 0 Å². The highest BCUT2D eigenvalue weighted by Gasteiger charge is 2.65. The number of aliphatic carboxylic acids is 1. The first kappa shape index (κ1) is 18.4. The summed E-state index contributed by atoms with van der Waals surface area (Å²) in [6.45, 7) is 6.72. The van der Waals surface area contributed by atoms with Gasteiger partial charge in [0.05, 0.1) is 11.8 Å². The van der Waals surface area contributed by atoms with Gasteiger partial charge in [0.1, 0.15) is 0 Å². The summed E-state index contributed by atoms with van der Waals surface area (Å²) in [7, 11) is 2.04. The quantitative estimate of drug-likeness (QED) is 0.847. The first-order chi connectivity index (χ1) is 12.2. The van der Waals surface area contributed by atoms with Gasteiger partial charge in [-0.25, -0.2) is 0 Å². The standard InChI is InChI=1S/C19H25N3O4/c1-19(2)14(15(19)18(25)26)16(23)20-13-6-4-12(5-7-13)17(24)22-10-8-21(3)9-11-22/h4-7,14-15H,8-11H2,1-3H3,(H,20,23)(H,25,26)/t14-,15-/m1/s1. The fourth-order valence-electron chi connectivity index (χ4n) is 3.70. The summed E-state index contributed by atoms with van der Waals surface area (Å²) >= 11 is 0. The third-order valence-corrected chi connectivity index (χ3v) is 5.57. The van der Waals surface area contributed by atoms with E-state index in [0.717, 1.165) is 13.1 Å². The van der Waals surface area contributed by atoms with Crippen LogP contribution in [-0.2, 0) is 9.59 Å². The predicted molar refractivity (Wildman–Crippen MR) is 96.9 cm³/mol. The van der Waals surface area contributed by atoms with Crippen molar-refractivity contribution in [2.45, 2.75) is 13.8 Å². The van der Waals surface area contributed by atoms with E-state index in [1.807, 2.05) is 11.9 Å². The fraction of sp³-hybridized carbons (Fsp3) is 0.526. The monoisotopic (exact) mass is 359 g/mol. The molecular weight excluding hydrogens is 334 g/mol. The molecule has 1 heterocycles. The molecule has 0 unspecified atom stereocenters. The molecule has 1 saturated heterocycles. The Morgan fingerprint density at radius 1 is 1.04 bits per heavy atom. The molecule has 2 amide bonds. The van der Waals surface area contributed by atoms with Crippen molar-refractivity contribution in [3.05, 3.63) is 29.8 Å². The number of hydrogen-bond donors (Lipinski definition) is 2. The minimum atomic E-state index is -0.941. The summed E-state index contributed by atoms with van der Waals surface area (Å²) in [6, 6.07) is 6.77. The van der Waals surface area contributed by atoms with Crippen molar-refractivity contribution >= 4 is 23.5 Å². The Morgan fingerprint density at radius 3 is 2.12 bits per heavy atom. The second kappa shape index (κ2) is 6.72. The Kier molecular flexibility index (Phi) is 4.75. The molecule has 140 valence electrons. The van der Waals surface area contributed by atoms with Crippen molar-refractivity contribution in [2.24, 2.45) is 17.3 Å². The maximum Gasteiger partial charge on any atom is 0.307 e. The van der Waals surface area contributed by atoms with Crippen LogP contribution in [0.15, 0.2) is 24.3 Å². The Morgan fingerprint density at radius 2 is 1.62 bits per heavy atom. The number of anilines is 1. The number of amides is 2. The topological polar surface area (TPSA) is 90.0 Å². The van der Waals surface area contributed by atoms with E-state index in [9.17, 15) is 19.5 Å². The first-order valence-electron chi connectivity index (χ1n) is 8.83. The van der Waals surface area contributed by atoms with Crippen molar-refractivity contribution < 1.29 is 19.5 Å². The number of carbonyl (C=O) groups excluding carboxylic acids is 2. The van der Waals surface area contributed by atoms with E-state index in [1.165, 1.54) is 0 Å². The molecule has 3 rings (SSSR count). The molecule has 0 radical (unpaired) electrons. The number of nitrogens with one attached hydrogen (secondary N) is 1. The number of rotatable bonds is 4. The highest BCUT2D eigenvalue weighted by Crippen LogP contribution is 2.58. The molecule has 0 bridgehead atoms. The minimum Gasteiger partial charge on any atom is -0.481 e. The average molecular weight is 359 g/mol. The van der Waals surface area contributed by atoms with Crippen LogP contribution in [0.25, 0.3) is 0 Å². The number of carboxylic acids is 1. The third kappa shape index (κ3) is 3.44. The molecule has 7 heteroatoms. The SMILES string of the molecule is CN1CCN(C(=O)c2ccc(NC(=O)[C@H]3[C@H](C(=O)O)C3(C)C)cc2)CC1. The summed E-state index contributed by atoms with van der Waals surface area (Å²) in [5.41, 5.74) is 0.618.